The zero-order valence-electron chi connectivity index (χ0n) is 8.60. The molecule has 0 atom stereocenters. The highest BCUT2D eigenvalue weighted by Crippen LogP contribution is 2.36. The van der Waals surface area contributed by atoms with Crippen molar-refractivity contribution in [2.75, 3.05) is 4.90 Å². The maximum Gasteiger partial charge on any atom is 0.266 e. The number of benzene rings is 1. The summed E-state index contributed by atoms with van der Waals surface area (Å²) in [4.78, 5) is 24.3. The van der Waals surface area contributed by atoms with Crippen LogP contribution in [0.15, 0.2) is 30.3 Å². The Morgan fingerprint density at radius 2 is 2.12 bits per heavy atom. The number of nitriles is 1. The molecule has 0 radical (unpaired) electrons. The lowest BCUT2D eigenvalue weighted by atomic mass is 10.1. The Bertz CT molecular complexity index is 552. The zero-order chi connectivity index (χ0) is 11.7. The van der Waals surface area contributed by atoms with Crippen molar-refractivity contribution >= 4 is 23.1 Å². The van der Waals surface area contributed by atoms with Gasteiger partial charge >= 0.3 is 0 Å². The van der Waals surface area contributed by atoms with Crippen molar-refractivity contribution in [1.82, 2.24) is 0 Å². The summed E-state index contributed by atoms with van der Waals surface area (Å²) < 4.78 is 0. The topological polar surface area (TPSA) is 61.2 Å². The first kappa shape index (κ1) is 10.1. The standard InChI is InChI=1S/C12H8N2O2/c1-8(15)14-11-5-3-2-4-9(11)10(6-7-13)12(14)16/h2-6H,1H3/b10-6-. The monoisotopic (exact) mass is 212 g/mol. The second-order valence-electron chi connectivity index (χ2n) is 3.36. The van der Waals surface area contributed by atoms with E-state index in [1.54, 1.807) is 24.3 Å². The predicted molar refractivity (Wildman–Crippen MR) is 58.2 cm³/mol. The molecule has 0 N–H and O–H groups in total. The third-order valence-corrected chi connectivity index (χ3v) is 2.39. The van der Waals surface area contributed by atoms with Crippen LogP contribution in [0.3, 0.4) is 0 Å². The summed E-state index contributed by atoms with van der Waals surface area (Å²) >= 11 is 0. The van der Waals surface area contributed by atoms with Gasteiger partial charge in [0, 0.05) is 18.6 Å². The third-order valence-electron chi connectivity index (χ3n) is 2.39. The SMILES string of the molecule is CC(=O)N1C(=O)/C(=C\C#N)c2ccccc21. The van der Waals surface area contributed by atoms with E-state index in [9.17, 15) is 9.59 Å². The Morgan fingerprint density at radius 3 is 2.75 bits per heavy atom. The van der Waals surface area contributed by atoms with Gasteiger partial charge in [-0.05, 0) is 6.07 Å². The van der Waals surface area contributed by atoms with E-state index >= 15 is 0 Å². The fraction of sp³-hybridized carbons (Fsp3) is 0.0833. The van der Waals surface area contributed by atoms with E-state index in [2.05, 4.69) is 0 Å². The van der Waals surface area contributed by atoms with Crippen molar-refractivity contribution in [2.45, 2.75) is 6.92 Å². The van der Waals surface area contributed by atoms with Crippen molar-refractivity contribution in [3.8, 4) is 6.07 Å². The highest BCUT2D eigenvalue weighted by atomic mass is 16.2. The molecule has 0 aromatic heterocycles. The molecule has 78 valence electrons. The van der Waals surface area contributed by atoms with E-state index in [0.29, 0.717) is 11.3 Å². The average Bonchev–Trinajstić information content (AvgIpc) is 2.53. The van der Waals surface area contributed by atoms with Crippen LogP contribution in [0.4, 0.5) is 5.69 Å². The summed E-state index contributed by atoms with van der Waals surface area (Å²) in [5.74, 6) is -0.783. The van der Waals surface area contributed by atoms with E-state index in [1.807, 2.05) is 6.07 Å². The molecule has 0 fully saturated rings. The molecule has 1 aromatic carbocycles. The lowest BCUT2D eigenvalue weighted by Gasteiger charge is -2.11. The molecule has 4 nitrogen and oxygen atoms in total. The molecule has 0 spiro atoms. The van der Waals surface area contributed by atoms with Gasteiger partial charge in [0.25, 0.3) is 5.91 Å². The van der Waals surface area contributed by atoms with Crippen LogP contribution in [-0.2, 0) is 9.59 Å². The predicted octanol–water partition coefficient (Wildman–Crippen LogP) is 1.49. The van der Waals surface area contributed by atoms with Crippen LogP contribution in [0.5, 0.6) is 0 Å². The number of anilines is 1. The average molecular weight is 212 g/mol. The van der Waals surface area contributed by atoms with Crippen LogP contribution in [0.25, 0.3) is 5.57 Å². The van der Waals surface area contributed by atoms with Gasteiger partial charge in [-0.15, -0.1) is 0 Å². The van der Waals surface area contributed by atoms with E-state index in [4.69, 9.17) is 5.26 Å². The fourth-order valence-corrected chi connectivity index (χ4v) is 1.76. The van der Waals surface area contributed by atoms with Crippen molar-refractivity contribution in [2.24, 2.45) is 0 Å². The molecule has 0 unspecified atom stereocenters. The summed E-state index contributed by atoms with van der Waals surface area (Å²) in [6.07, 6.45) is 1.17. The largest absolute Gasteiger partial charge is 0.274 e. The Hall–Kier alpha value is -2.41. The molecule has 4 heteroatoms. The number of para-hydroxylation sites is 1. The zero-order valence-corrected chi connectivity index (χ0v) is 8.60. The molecule has 2 rings (SSSR count). The van der Waals surface area contributed by atoms with Crippen molar-refractivity contribution < 1.29 is 9.59 Å². The molecule has 0 bridgehead atoms. The number of allylic oxidation sites excluding steroid dienone is 1. The van der Waals surface area contributed by atoms with Crippen LogP contribution in [0.2, 0.25) is 0 Å². The van der Waals surface area contributed by atoms with Gasteiger partial charge in [-0.2, -0.15) is 5.26 Å². The summed E-state index contributed by atoms with van der Waals surface area (Å²) in [7, 11) is 0. The van der Waals surface area contributed by atoms with Gasteiger partial charge in [0.2, 0.25) is 5.91 Å². The number of carbonyl (C=O) groups excluding carboxylic acids is 2. The minimum atomic E-state index is -0.435. The number of hydrogen-bond acceptors (Lipinski definition) is 3. The van der Waals surface area contributed by atoms with E-state index in [-0.39, 0.29) is 11.5 Å². The molecule has 2 amide bonds. The van der Waals surface area contributed by atoms with Crippen molar-refractivity contribution in [3.63, 3.8) is 0 Å². The molecular formula is C12H8N2O2. The van der Waals surface area contributed by atoms with E-state index < -0.39 is 5.91 Å². The number of rotatable bonds is 0. The second kappa shape index (κ2) is 3.63. The number of carbonyl (C=O) groups is 2. The number of nitrogens with zero attached hydrogens (tertiary/aromatic N) is 2. The molecule has 0 aliphatic carbocycles. The van der Waals surface area contributed by atoms with Gasteiger partial charge in [-0.1, -0.05) is 18.2 Å². The minimum Gasteiger partial charge on any atom is -0.274 e. The molecular weight excluding hydrogens is 204 g/mol. The van der Waals surface area contributed by atoms with Crippen molar-refractivity contribution in [3.05, 3.63) is 35.9 Å². The highest BCUT2D eigenvalue weighted by molar-refractivity contribution is 6.39. The van der Waals surface area contributed by atoms with Gasteiger partial charge in [0.05, 0.1) is 17.3 Å². The minimum absolute atomic E-state index is 0.272. The van der Waals surface area contributed by atoms with Gasteiger partial charge < -0.3 is 0 Å². The van der Waals surface area contributed by atoms with Crippen LogP contribution in [0, 0.1) is 11.3 Å². The van der Waals surface area contributed by atoms with E-state index in [0.717, 1.165) is 4.90 Å². The van der Waals surface area contributed by atoms with Crippen molar-refractivity contribution in [1.29, 1.82) is 5.26 Å². The molecule has 1 heterocycles. The summed E-state index contributed by atoms with van der Waals surface area (Å²) in [6.45, 7) is 1.32. The lowest BCUT2D eigenvalue weighted by molar-refractivity contribution is -0.122. The van der Waals surface area contributed by atoms with Crippen LogP contribution in [0.1, 0.15) is 12.5 Å². The number of fused-ring (bicyclic) bond motifs is 1. The number of amides is 2. The van der Waals surface area contributed by atoms with Gasteiger partial charge in [0.15, 0.2) is 0 Å². The summed E-state index contributed by atoms with van der Waals surface area (Å²) in [5, 5.41) is 8.61. The maximum absolute atomic E-state index is 11.9. The molecule has 0 saturated heterocycles. The first-order valence-corrected chi connectivity index (χ1v) is 4.71. The molecule has 1 aliphatic rings. The summed E-state index contributed by atoms with van der Waals surface area (Å²) in [5.41, 5.74) is 1.44. The smallest absolute Gasteiger partial charge is 0.266 e. The van der Waals surface area contributed by atoms with Crippen LogP contribution in [-0.4, -0.2) is 11.8 Å². The normalized spacial score (nSPS) is 16.1. The first-order chi connectivity index (χ1) is 7.66. The third kappa shape index (κ3) is 1.30. The van der Waals surface area contributed by atoms with Gasteiger partial charge in [-0.25, -0.2) is 4.90 Å². The summed E-state index contributed by atoms with van der Waals surface area (Å²) in [6, 6.07) is 8.74. The van der Waals surface area contributed by atoms with Gasteiger partial charge in [-0.3, -0.25) is 9.59 Å². The molecule has 1 aliphatic heterocycles. The van der Waals surface area contributed by atoms with E-state index in [1.165, 1.54) is 13.0 Å². The quantitative estimate of drug-likeness (QED) is 0.483. The maximum atomic E-state index is 11.9. The highest BCUT2D eigenvalue weighted by Gasteiger charge is 2.34. The number of hydrogen-bond donors (Lipinski definition) is 0. The second-order valence-corrected chi connectivity index (χ2v) is 3.36. The fourth-order valence-electron chi connectivity index (χ4n) is 1.76. The Kier molecular flexibility index (Phi) is 2.29. The molecule has 16 heavy (non-hydrogen) atoms. The lowest BCUT2D eigenvalue weighted by Crippen LogP contribution is -2.31. The number of imide groups is 1. The molecule has 0 saturated carbocycles. The van der Waals surface area contributed by atoms with Crippen LogP contribution >= 0.6 is 0 Å². The first-order valence-electron chi connectivity index (χ1n) is 4.71. The Labute approximate surface area is 92.4 Å². The van der Waals surface area contributed by atoms with Gasteiger partial charge in [0.1, 0.15) is 0 Å². The molecule has 1 aromatic rings. The van der Waals surface area contributed by atoms with Crippen LogP contribution < -0.4 is 4.90 Å². The Balaban J connectivity index is 2.68. The Morgan fingerprint density at radius 1 is 1.44 bits per heavy atom.